The maximum Gasteiger partial charge on any atom is 0.466 e. The minimum absolute atomic E-state index is 0.0942. The van der Waals surface area contributed by atoms with Crippen LogP contribution < -0.4 is 4.74 Å². The van der Waals surface area contributed by atoms with Crippen molar-refractivity contribution in [1.82, 2.24) is 0 Å². The predicted octanol–water partition coefficient (Wildman–Crippen LogP) is 2.63. The molecule has 0 aliphatic carbocycles. The van der Waals surface area contributed by atoms with Crippen LogP contribution in [-0.4, -0.2) is 35.8 Å². The van der Waals surface area contributed by atoms with Gasteiger partial charge in [0.25, 0.3) is 0 Å². The summed E-state index contributed by atoms with van der Waals surface area (Å²) in [6.07, 6.45) is 0. The molecule has 0 saturated carbocycles. The predicted molar refractivity (Wildman–Crippen MR) is 86.5 cm³/mol. The third-order valence-corrected chi connectivity index (χ3v) is 4.04. The molecule has 0 spiro atoms. The normalized spacial score (nSPS) is 12.6. The quantitative estimate of drug-likeness (QED) is 0.307. The maximum atomic E-state index is 13.2. The molecule has 0 saturated heterocycles. The highest BCUT2D eigenvalue weighted by molar-refractivity contribution is 14.1. The molecule has 0 radical (unpaired) electrons. The number of carbonyl (C=O) groups excluding carboxylic acids is 2. The molecule has 0 aliphatic rings. The Balaban J connectivity index is 3.12. The zero-order chi connectivity index (χ0) is 18.9. The summed E-state index contributed by atoms with van der Waals surface area (Å²) in [6, 6.07) is 3.55. The summed E-state index contributed by atoms with van der Waals surface area (Å²) in [5.74, 6) is -3.77. The third kappa shape index (κ3) is 5.08. The van der Waals surface area contributed by atoms with Crippen molar-refractivity contribution in [3.8, 4) is 5.75 Å². The van der Waals surface area contributed by atoms with Gasteiger partial charge in [0.1, 0.15) is 11.4 Å². The van der Waals surface area contributed by atoms with Gasteiger partial charge in [-0.3, -0.25) is 4.55 Å². The Hall–Kier alpha value is -1.34. The van der Waals surface area contributed by atoms with Crippen molar-refractivity contribution in [3.05, 3.63) is 27.3 Å². The number of esters is 2. The molecular weight excluding hydrogens is 465 g/mol. The Morgan fingerprint density at radius 3 is 2.21 bits per heavy atom. The van der Waals surface area contributed by atoms with E-state index in [1.165, 1.54) is 12.1 Å². The fourth-order valence-electron chi connectivity index (χ4n) is 1.31. The second-order valence-corrected chi connectivity index (χ2v) is 8.15. The first-order chi connectivity index (χ1) is 10.6. The first-order valence-electron chi connectivity index (χ1n) is 6.25. The lowest BCUT2D eigenvalue weighted by Crippen LogP contribution is -2.40. The molecule has 0 aliphatic heterocycles. The number of alkyl halides is 2. The van der Waals surface area contributed by atoms with Crippen LogP contribution in [0.5, 0.6) is 5.75 Å². The maximum absolute atomic E-state index is 13.2. The van der Waals surface area contributed by atoms with Gasteiger partial charge in [-0.25, -0.2) is 9.59 Å². The SMILES string of the molecule is CC(C)(C)OC(=O)c1ccc(I)c(OC(=O)C(F)(F)S(=O)(=O)O)c1. The van der Waals surface area contributed by atoms with Crippen LogP contribution >= 0.6 is 22.6 Å². The van der Waals surface area contributed by atoms with Gasteiger partial charge in [-0.1, -0.05) is 0 Å². The van der Waals surface area contributed by atoms with Crippen molar-refractivity contribution in [2.45, 2.75) is 31.6 Å². The molecule has 0 heterocycles. The Morgan fingerprint density at radius 1 is 1.21 bits per heavy atom. The van der Waals surface area contributed by atoms with E-state index in [4.69, 9.17) is 9.29 Å². The van der Waals surface area contributed by atoms with Crippen LogP contribution in [0.25, 0.3) is 0 Å². The summed E-state index contributed by atoms with van der Waals surface area (Å²) < 4.78 is 65.4. The third-order valence-electron chi connectivity index (χ3n) is 2.33. The first kappa shape index (κ1) is 20.7. The molecule has 1 N–H and O–H groups in total. The van der Waals surface area contributed by atoms with E-state index in [0.717, 1.165) is 6.07 Å². The fourth-order valence-corrected chi connectivity index (χ4v) is 2.01. The minimum atomic E-state index is -5.99. The number of benzene rings is 1. The van der Waals surface area contributed by atoms with Crippen LogP contribution in [0.2, 0.25) is 0 Å². The molecule has 1 aromatic carbocycles. The van der Waals surface area contributed by atoms with Crippen LogP contribution in [0.3, 0.4) is 0 Å². The standard InChI is InChI=1S/C13H13F2IO7S/c1-12(2,3)23-10(17)7-4-5-8(16)9(6-7)22-11(18)13(14,15)24(19,20)21/h4-6H,1-3H3,(H,19,20,21). The van der Waals surface area contributed by atoms with E-state index in [-0.39, 0.29) is 9.13 Å². The molecule has 11 heteroatoms. The summed E-state index contributed by atoms with van der Waals surface area (Å²) in [4.78, 5) is 23.2. The number of ether oxygens (including phenoxy) is 2. The van der Waals surface area contributed by atoms with Gasteiger partial charge in [-0.05, 0) is 61.6 Å². The van der Waals surface area contributed by atoms with Gasteiger partial charge in [-0.15, -0.1) is 0 Å². The second-order valence-electron chi connectivity index (χ2n) is 5.53. The van der Waals surface area contributed by atoms with E-state index in [1.807, 2.05) is 0 Å². The van der Waals surface area contributed by atoms with Gasteiger partial charge in [-0.2, -0.15) is 17.2 Å². The summed E-state index contributed by atoms with van der Waals surface area (Å²) in [5, 5.41) is -5.14. The second kappa shape index (κ2) is 6.88. The van der Waals surface area contributed by atoms with Crippen molar-refractivity contribution in [3.63, 3.8) is 0 Å². The van der Waals surface area contributed by atoms with Gasteiger partial charge in [0, 0.05) is 0 Å². The molecule has 0 fully saturated rings. The Labute approximate surface area is 150 Å². The number of hydrogen-bond acceptors (Lipinski definition) is 6. The molecule has 0 atom stereocenters. The average molecular weight is 478 g/mol. The number of rotatable bonds is 4. The zero-order valence-corrected chi connectivity index (χ0v) is 15.6. The van der Waals surface area contributed by atoms with E-state index in [9.17, 15) is 26.8 Å². The topological polar surface area (TPSA) is 107 Å². The van der Waals surface area contributed by atoms with Gasteiger partial charge in [0.2, 0.25) is 0 Å². The Morgan fingerprint density at radius 2 is 1.75 bits per heavy atom. The highest BCUT2D eigenvalue weighted by atomic mass is 127. The van der Waals surface area contributed by atoms with Gasteiger partial charge in [0.05, 0.1) is 9.13 Å². The molecule has 0 unspecified atom stereocenters. The molecule has 0 bridgehead atoms. The van der Waals surface area contributed by atoms with E-state index < -0.39 is 38.7 Å². The van der Waals surface area contributed by atoms with Crippen molar-refractivity contribution >= 4 is 44.6 Å². The smallest absolute Gasteiger partial charge is 0.456 e. The Bertz CT molecular complexity index is 769. The Kier molecular flexibility index (Phi) is 5.93. The molecule has 0 amide bonds. The highest BCUT2D eigenvalue weighted by Gasteiger charge is 2.54. The van der Waals surface area contributed by atoms with Gasteiger partial charge in [0.15, 0.2) is 0 Å². The number of carbonyl (C=O) groups is 2. The van der Waals surface area contributed by atoms with Gasteiger partial charge < -0.3 is 9.47 Å². The van der Waals surface area contributed by atoms with Gasteiger partial charge >= 0.3 is 27.3 Å². The summed E-state index contributed by atoms with van der Waals surface area (Å²) in [6.45, 7) is 4.85. The summed E-state index contributed by atoms with van der Waals surface area (Å²) in [5.41, 5.74) is -0.905. The van der Waals surface area contributed by atoms with Crippen LogP contribution in [0, 0.1) is 3.57 Å². The molecule has 134 valence electrons. The van der Waals surface area contributed by atoms with Crippen LogP contribution in [0.4, 0.5) is 8.78 Å². The van der Waals surface area contributed by atoms with Crippen molar-refractivity contribution in [2.24, 2.45) is 0 Å². The largest absolute Gasteiger partial charge is 0.466 e. The van der Waals surface area contributed by atoms with Crippen LogP contribution in [0.1, 0.15) is 31.1 Å². The lowest BCUT2D eigenvalue weighted by molar-refractivity contribution is -0.151. The summed E-state index contributed by atoms with van der Waals surface area (Å²) in [7, 11) is -5.99. The first-order valence-corrected chi connectivity index (χ1v) is 8.77. The van der Waals surface area contributed by atoms with Crippen molar-refractivity contribution in [1.29, 1.82) is 0 Å². The highest BCUT2D eigenvalue weighted by Crippen LogP contribution is 2.28. The average Bonchev–Trinajstić information content (AvgIpc) is 2.37. The summed E-state index contributed by atoms with van der Waals surface area (Å²) >= 11 is 1.62. The van der Waals surface area contributed by atoms with Crippen molar-refractivity contribution < 1.29 is 40.8 Å². The minimum Gasteiger partial charge on any atom is -0.456 e. The zero-order valence-electron chi connectivity index (χ0n) is 12.7. The van der Waals surface area contributed by atoms with E-state index in [1.54, 1.807) is 43.4 Å². The lowest BCUT2D eigenvalue weighted by Gasteiger charge is -2.20. The van der Waals surface area contributed by atoms with Crippen LogP contribution in [-0.2, 0) is 19.6 Å². The number of halogens is 3. The molecule has 0 aromatic heterocycles. The number of hydrogen-bond donors (Lipinski definition) is 1. The van der Waals surface area contributed by atoms with Crippen LogP contribution in [0.15, 0.2) is 18.2 Å². The van der Waals surface area contributed by atoms with E-state index >= 15 is 0 Å². The van der Waals surface area contributed by atoms with Crippen molar-refractivity contribution in [2.75, 3.05) is 0 Å². The molecular formula is C13H13F2IO7S. The van der Waals surface area contributed by atoms with E-state index in [2.05, 4.69) is 4.74 Å². The molecule has 7 nitrogen and oxygen atoms in total. The monoisotopic (exact) mass is 478 g/mol. The molecule has 1 rings (SSSR count). The van der Waals surface area contributed by atoms with E-state index in [0.29, 0.717) is 0 Å². The molecule has 1 aromatic rings. The molecule has 24 heavy (non-hydrogen) atoms. The fraction of sp³-hybridized carbons (Fsp3) is 0.385. The lowest BCUT2D eigenvalue weighted by atomic mass is 10.1.